The second kappa shape index (κ2) is 3.06. The summed E-state index contributed by atoms with van der Waals surface area (Å²) in [7, 11) is 0. The van der Waals surface area contributed by atoms with Crippen LogP contribution in [0.5, 0.6) is 0 Å². The van der Waals surface area contributed by atoms with Gasteiger partial charge in [-0.3, -0.25) is 0 Å². The summed E-state index contributed by atoms with van der Waals surface area (Å²) < 4.78 is 0. The minimum absolute atomic E-state index is 0.0579. The quantitative estimate of drug-likeness (QED) is 0.394. The summed E-state index contributed by atoms with van der Waals surface area (Å²) in [6.45, 7) is 0.259. The first kappa shape index (κ1) is 8.93. The summed E-state index contributed by atoms with van der Waals surface area (Å²) in [5.74, 6) is 0. The predicted octanol–water partition coefficient (Wildman–Crippen LogP) is -1.56. The van der Waals surface area contributed by atoms with Crippen LogP contribution in [0.15, 0.2) is 0 Å². The van der Waals surface area contributed by atoms with Gasteiger partial charge >= 0.3 is 0 Å². The predicted molar refractivity (Wildman–Crippen MR) is 39.8 cm³/mol. The molecule has 2 unspecified atom stereocenters. The SMILES string of the molecule is NCC1(CO)CC(O)C(O)C1. The molecule has 2 atom stereocenters. The Bertz CT molecular complexity index is 124. The molecule has 1 aliphatic rings. The molecule has 0 heterocycles. The van der Waals surface area contributed by atoms with Gasteiger partial charge in [-0.2, -0.15) is 0 Å². The number of rotatable bonds is 2. The molecule has 5 N–H and O–H groups in total. The van der Waals surface area contributed by atoms with Gasteiger partial charge in [-0.1, -0.05) is 0 Å². The molecule has 1 rings (SSSR count). The molecule has 4 heteroatoms. The third-order valence-corrected chi connectivity index (χ3v) is 2.50. The van der Waals surface area contributed by atoms with Crippen molar-refractivity contribution < 1.29 is 15.3 Å². The third-order valence-electron chi connectivity index (χ3n) is 2.50. The molecule has 0 aliphatic heterocycles. The van der Waals surface area contributed by atoms with E-state index in [9.17, 15) is 10.2 Å². The molecule has 0 aromatic rings. The zero-order chi connectivity index (χ0) is 8.48. The van der Waals surface area contributed by atoms with Gasteiger partial charge in [0.1, 0.15) is 0 Å². The molecule has 1 aliphatic carbocycles. The van der Waals surface area contributed by atoms with Gasteiger partial charge < -0.3 is 21.1 Å². The van der Waals surface area contributed by atoms with E-state index < -0.39 is 17.6 Å². The van der Waals surface area contributed by atoms with E-state index in [0.29, 0.717) is 19.4 Å². The van der Waals surface area contributed by atoms with E-state index in [1.54, 1.807) is 0 Å². The van der Waals surface area contributed by atoms with E-state index in [2.05, 4.69) is 0 Å². The smallest absolute Gasteiger partial charge is 0.0806 e. The minimum Gasteiger partial charge on any atom is -0.396 e. The molecule has 1 fully saturated rings. The zero-order valence-corrected chi connectivity index (χ0v) is 6.40. The van der Waals surface area contributed by atoms with Crippen LogP contribution in [0.25, 0.3) is 0 Å². The number of hydrogen-bond donors (Lipinski definition) is 4. The van der Waals surface area contributed by atoms with E-state index >= 15 is 0 Å². The molecule has 66 valence electrons. The van der Waals surface area contributed by atoms with Gasteiger partial charge in [0, 0.05) is 12.0 Å². The Balaban J connectivity index is 2.61. The van der Waals surface area contributed by atoms with Gasteiger partial charge in [0.25, 0.3) is 0 Å². The fraction of sp³-hybridized carbons (Fsp3) is 1.00. The van der Waals surface area contributed by atoms with Crippen LogP contribution in [0.2, 0.25) is 0 Å². The Kier molecular flexibility index (Phi) is 2.49. The fourth-order valence-electron chi connectivity index (χ4n) is 1.60. The van der Waals surface area contributed by atoms with Crippen LogP contribution >= 0.6 is 0 Å². The number of aliphatic hydroxyl groups excluding tert-OH is 3. The Morgan fingerprint density at radius 2 is 1.73 bits per heavy atom. The highest BCUT2D eigenvalue weighted by molar-refractivity contribution is 4.94. The van der Waals surface area contributed by atoms with Crippen molar-refractivity contribution in [2.75, 3.05) is 13.2 Å². The maximum Gasteiger partial charge on any atom is 0.0806 e. The largest absolute Gasteiger partial charge is 0.396 e. The highest BCUT2D eigenvalue weighted by atomic mass is 16.3. The molecular formula is C7H15NO3. The van der Waals surface area contributed by atoms with Crippen LogP contribution in [-0.2, 0) is 0 Å². The maximum atomic E-state index is 9.18. The Morgan fingerprint density at radius 1 is 1.27 bits per heavy atom. The second-order valence-corrected chi connectivity index (χ2v) is 3.41. The van der Waals surface area contributed by atoms with Crippen molar-refractivity contribution in [1.29, 1.82) is 0 Å². The average Bonchev–Trinajstić information content (AvgIpc) is 2.29. The van der Waals surface area contributed by atoms with Gasteiger partial charge in [-0.25, -0.2) is 0 Å². The van der Waals surface area contributed by atoms with E-state index in [-0.39, 0.29) is 6.61 Å². The van der Waals surface area contributed by atoms with Crippen LogP contribution in [0.3, 0.4) is 0 Å². The van der Waals surface area contributed by atoms with Crippen molar-refractivity contribution in [2.24, 2.45) is 11.1 Å². The fourth-order valence-corrected chi connectivity index (χ4v) is 1.60. The Labute approximate surface area is 65.6 Å². The summed E-state index contributed by atoms with van der Waals surface area (Å²) in [5.41, 5.74) is 4.98. The summed E-state index contributed by atoms with van der Waals surface area (Å²) in [6.07, 6.45) is -0.626. The van der Waals surface area contributed by atoms with Gasteiger partial charge in [0.2, 0.25) is 0 Å². The normalized spacial score (nSPS) is 44.7. The van der Waals surface area contributed by atoms with Crippen LogP contribution in [0, 0.1) is 5.41 Å². The number of hydrogen-bond acceptors (Lipinski definition) is 4. The van der Waals surface area contributed by atoms with Crippen molar-refractivity contribution >= 4 is 0 Å². The van der Waals surface area contributed by atoms with Crippen LogP contribution in [0.4, 0.5) is 0 Å². The first-order chi connectivity index (χ1) is 5.13. The van der Waals surface area contributed by atoms with Gasteiger partial charge in [-0.15, -0.1) is 0 Å². The lowest BCUT2D eigenvalue weighted by atomic mass is 9.87. The molecule has 0 aromatic heterocycles. The molecule has 0 radical (unpaired) electrons. The molecule has 11 heavy (non-hydrogen) atoms. The Morgan fingerprint density at radius 3 is 1.91 bits per heavy atom. The Hall–Kier alpha value is -0.160. The number of aliphatic hydroxyl groups is 3. The van der Waals surface area contributed by atoms with Crippen molar-refractivity contribution in [3.63, 3.8) is 0 Å². The average molecular weight is 161 g/mol. The van der Waals surface area contributed by atoms with Crippen molar-refractivity contribution in [3.05, 3.63) is 0 Å². The van der Waals surface area contributed by atoms with E-state index in [0.717, 1.165) is 0 Å². The van der Waals surface area contributed by atoms with Gasteiger partial charge in [-0.05, 0) is 12.8 Å². The number of nitrogens with two attached hydrogens (primary N) is 1. The van der Waals surface area contributed by atoms with Crippen molar-refractivity contribution in [3.8, 4) is 0 Å². The summed E-state index contributed by atoms with van der Waals surface area (Å²) in [5, 5.41) is 27.3. The third kappa shape index (κ3) is 1.54. The minimum atomic E-state index is -0.717. The first-order valence-corrected chi connectivity index (χ1v) is 3.80. The standard InChI is InChI=1S/C7H15NO3/c8-3-7(4-9)1-5(10)6(11)2-7/h5-6,9-11H,1-4,8H2. The van der Waals surface area contributed by atoms with Crippen LogP contribution in [-0.4, -0.2) is 40.7 Å². The molecule has 0 aromatic carbocycles. The van der Waals surface area contributed by atoms with Crippen molar-refractivity contribution in [2.45, 2.75) is 25.0 Å². The highest BCUT2D eigenvalue weighted by Crippen LogP contribution is 2.36. The zero-order valence-electron chi connectivity index (χ0n) is 6.40. The summed E-state index contributed by atoms with van der Waals surface area (Å²) in [4.78, 5) is 0. The van der Waals surface area contributed by atoms with Crippen LogP contribution in [0.1, 0.15) is 12.8 Å². The van der Waals surface area contributed by atoms with E-state index in [4.69, 9.17) is 10.8 Å². The summed E-state index contributed by atoms with van der Waals surface area (Å²) >= 11 is 0. The lowest BCUT2D eigenvalue weighted by Crippen LogP contribution is -2.32. The molecule has 0 amide bonds. The summed E-state index contributed by atoms with van der Waals surface area (Å²) in [6, 6.07) is 0. The monoisotopic (exact) mass is 161 g/mol. The second-order valence-electron chi connectivity index (χ2n) is 3.41. The molecule has 1 saturated carbocycles. The molecule has 0 bridgehead atoms. The van der Waals surface area contributed by atoms with Crippen molar-refractivity contribution in [1.82, 2.24) is 0 Å². The topological polar surface area (TPSA) is 86.7 Å². The molecular weight excluding hydrogens is 146 g/mol. The van der Waals surface area contributed by atoms with E-state index in [1.807, 2.05) is 0 Å². The van der Waals surface area contributed by atoms with E-state index in [1.165, 1.54) is 0 Å². The highest BCUT2D eigenvalue weighted by Gasteiger charge is 2.42. The lowest BCUT2D eigenvalue weighted by molar-refractivity contribution is 0.0438. The molecule has 0 spiro atoms. The van der Waals surface area contributed by atoms with Gasteiger partial charge in [0.15, 0.2) is 0 Å². The molecule has 0 saturated heterocycles. The molecule has 4 nitrogen and oxygen atoms in total. The van der Waals surface area contributed by atoms with Gasteiger partial charge in [0.05, 0.1) is 18.8 Å². The first-order valence-electron chi connectivity index (χ1n) is 3.80. The maximum absolute atomic E-state index is 9.18. The van der Waals surface area contributed by atoms with Crippen LogP contribution < -0.4 is 5.73 Å². The lowest BCUT2D eigenvalue weighted by Gasteiger charge is -2.23.